The number of rotatable bonds is 8. The van der Waals surface area contributed by atoms with Crippen molar-refractivity contribution >= 4 is 16.5 Å². The van der Waals surface area contributed by atoms with Crippen LogP contribution in [0.5, 0.6) is 0 Å². The maximum absolute atomic E-state index is 5.44. The zero-order chi connectivity index (χ0) is 28.4. The summed E-state index contributed by atoms with van der Waals surface area (Å²) in [5.41, 5.74) is 10.3. The molecule has 0 spiro atoms. The van der Waals surface area contributed by atoms with Crippen LogP contribution in [0.15, 0.2) is 103 Å². The van der Waals surface area contributed by atoms with Gasteiger partial charge in [-0.15, -0.1) is 0 Å². The standard InChI is InChI=1S/C35H35N2.2CH3.Hf/c1-23(2)29-16-10-17-30(24(3)4)34(29)37-35(31-15-9-6-12-25(31)5)33-19-11-18-32(36-33)28-21-20-26-13-7-8-14-27(26)22-28;;;/h6-24,35H,1-5H3;2*1H3;/q-1;;;+1. The number of hydrogen-bond acceptors (Lipinski definition) is 2. The van der Waals surface area contributed by atoms with Crippen molar-refractivity contribution in [1.82, 2.24) is 4.98 Å². The first-order valence-corrected chi connectivity index (χ1v) is 23.3. The molecule has 1 unspecified atom stereocenters. The SMILES string of the molecule is Cc1ccccc1C(c1cccc(-c2ccc3ccccc3c2)n1)[N](c1c(C(C)C)cccc1C(C)C)[Hf]([CH3])[CH3]. The van der Waals surface area contributed by atoms with Gasteiger partial charge in [0.25, 0.3) is 0 Å². The molecule has 0 saturated heterocycles. The molecule has 0 bridgehead atoms. The van der Waals surface area contributed by atoms with Gasteiger partial charge in [-0.05, 0) is 0 Å². The maximum atomic E-state index is 5.44. The number of aryl methyl sites for hydroxylation is 1. The van der Waals surface area contributed by atoms with E-state index in [0.717, 1.165) is 17.0 Å². The van der Waals surface area contributed by atoms with Gasteiger partial charge in [0.05, 0.1) is 0 Å². The predicted molar refractivity (Wildman–Crippen MR) is 169 cm³/mol. The molecule has 203 valence electrons. The van der Waals surface area contributed by atoms with Gasteiger partial charge in [0.1, 0.15) is 0 Å². The van der Waals surface area contributed by atoms with Crippen molar-refractivity contribution in [3.05, 3.63) is 131 Å². The second kappa shape index (κ2) is 12.2. The fourth-order valence-corrected chi connectivity index (χ4v) is 11.2. The molecule has 0 aliphatic carbocycles. The van der Waals surface area contributed by atoms with Gasteiger partial charge in [-0.3, -0.25) is 0 Å². The molecule has 40 heavy (non-hydrogen) atoms. The van der Waals surface area contributed by atoms with Crippen LogP contribution < -0.4 is 2.89 Å². The van der Waals surface area contributed by atoms with E-state index in [9.17, 15) is 0 Å². The summed E-state index contributed by atoms with van der Waals surface area (Å²) in [6, 6.07) is 37.8. The number of benzene rings is 4. The summed E-state index contributed by atoms with van der Waals surface area (Å²) in [4.78, 5) is 5.44. The van der Waals surface area contributed by atoms with Crippen LogP contribution >= 0.6 is 0 Å². The first kappa shape index (κ1) is 28.5. The molecule has 0 N–H and O–H groups in total. The van der Waals surface area contributed by atoms with E-state index in [1.165, 1.54) is 38.7 Å². The molecule has 1 aromatic heterocycles. The van der Waals surface area contributed by atoms with Gasteiger partial charge >= 0.3 is 250 Å². The molecule has 4 aromatic carbocycles. The van der Waals surface area contributed by atoms with E-state index in [2.05, 4.69) is 150 Å². The van der Waals surface area contributed by atoms with Gasteiger partial charge in [-0.2, -0.15) is 0 Å². The van der Waals surface area contributed by atoms with Crippen LogP contribution in [-0.4, -0.2) is 4.98 Å². The Morgan fingerprint density at radius 1 is 0.625 bits per heavy atom. The molecule has 0 fully saturated rings. The Morgan fingerprint density at radius 3 is 1.88 bits per heavy atom. The van der Waals surface area contributed by atoms with Crippen molar-refractivity contribution in [1.29, 1.82) is 0 Å². The van der Waals surface area contributed by atoms with E-state index in [0.29, 0.717) is 11.8 Å². The molecule has 5 aromatic rings. The monoisotopic (exact) mass is 693 g/mol. The molecule has 0 aliphatic heterocycles. The molecule has 5 rings (SSSR count). The van der Waals surface area contributed by atoms with Gasteiger partial charge in [0.2, 0.25) is 0 Å². The Hall–Kier alpha value is -3.04. The number of fused-ring (bicyclic) bond motifs is 1. The molecular formula is C37H41HfN2. The average molecular weight is 692 g/mol. The van der Waals surface area contributed by atoms with Gasteiger partial charge in [-0.1, -0.05) is 0 Å². The van der Waals surface area contributed by atoms with Crippen molar-refractivity contribution < 1.29 is 21.7 Å². The van der Waals surface area contributed by atoms with Crippen LogP contribution in [0.2, 0.25) is 9.36 Å². The number of para-hydroxylation sites is 1. The topological polar surface area (TPSA) is 16.1 Å². The predicted octanol–water partition coefficient (Wildman–Crippen LogP) is 10.7. The Balaban J connectivity index is 1.75. The molecule has 2 nitrogen and oxygen atoms in total. The average Bonchev–Trinajstić information content (AvgIpc) is 2.95. The van der Waals surface area contributed by atoms with Gasteiger partial charge in [0, 0.05) is 0 Å². The van der Waals surface area contributed by atoms with Crippen LogP contribution in [0.3, 0.4) is 0 Å². The van der Waals surface area contributed by atoms with E-state index in [-0.39, 0.29) is 6.04 Å². The number of anilines is 1. The molecule has 0 saturated carbocycles. The molecule has 0 aliphatic rings. The number of pyridine rings is 1. The summed E-state index contributed by atoms with van der Waals surface area (Å²) in [6.07, 6.45) is 0. The molecule has 0 radical (unpaired) electrons. The van der Waals surface area contributed by atoms with E-state index in [1.807, 2.05) is 0 Å². The van der Waals surface area contributed by atoms with Crippen LogP contribution in [0.4, 0.5) is 5.69 Å². The Labute approximate surface area is 249 Å². The van der Waals surface area contributed by atoms with Crippen LogP contribution in [0.25, 0.3) is 22.0 Å². The van der Waals surface area contributed by atoms with Crippen LogP contribution in [0.1, 0.15) is 73.5 Å². The summed E-state index contributed by atoms with van der Waals surface area (Å²) >= 11 is -2.28. The Bertz CT molecular complexity index is 1590. The van der Waals surface area contributed by atoms with Gasteiger partial charge < -0.3 is 0 Å². The first-order chi connectivity index (χ1) is 19.3. The van der Waals surface area contributed by atoms with Gasteiger partial charge in [0.15, 0.2) is 0 Å². The van der Waals surface area contributed by atoms with Crippen molar-refractivity contribution in [3.63, 3.8) is 0 Å². The van der Waals surface area contributed by atoms with Gasteiger partial charge in [-0.25, -0.2) is 0 Å². The van der Waals surface area contributed by atoms with Crippen molar-refractivity contribution in [2.75, 3.05) is 2.89 Å². The summed E-state index contributed by atoms with van der Waals surface area (Å²) in [5.74, 6) is 0.882. The summed E-state index contributed by atoms with van der Waals surface area (Å²) in [7, 11) is 0. The Kier molecular flexibility index (Phi) is 8.71. The van der Waals surface area contributed by atoms with Crippen LogP contribution in [-0.2, 0) is 21.7 Å². The third-order valence-electron chi connectivity index (χ3n) is 7.90. The summed E-state index contributed by atoms with van der Waals surface area (Å²) < 4.78 is 7.92. The summed E-state index contributed by atoms with van der Waals surface area (Å²) in [5, 5.41) is 2.50. The minimum atomic E-state index is -2.28. The van der Waals surface area contributed by atoms with Crippen LogP contribution in [0, 0.1) is 6.92 Å². The van der Waals surface area contributed by atoms with E-state index < -0.39 is 21.7 Å². The molecule has 0 amide bonds. The van der Waals surface area contributed by atoms with Crippen molar-refractivity contribution in [2.45, 2.75) is 61.9 Å². The Morgan fingerprint density at radius 2 is 1.23 bits per heavy atom. The zero-order valence-electron chi connectivity index (χ0n) is 24.9. The van der Waals surface area contributed by atoms with Crippen molar-refractivity contribution in [2.24, 2.45) is 0 Å². The molecule has 1 atom stereocenters. The van der Waals surface area contributed by atoms with Crippen molar-refractivity contribution in [3.8, 4) is 11.3 Å². The quantitative estimate of drug-likeness (QED) is 0.151. The minimum absolute atomic E-state index is 0.0660. The second-order valence-electron chi connectivity index (χ2n) is 11.7. The number of nitrogens with zero attached hydrogens (tertiary/aromatic N) is 2. The third-order valence-corrected chi connectivity index (χ3v) is 13.1. The fraction of sp³-hybridized carbons (Fsp3) is 0.270. The molecular weight excluding hydrogens is 651 g/mol. The second-order valence-corrected chi connectivity index (χ2v) is 20.2. The normalized spacial score (nSPS) is 12.2. The molecule has 1 heterocycles. The summed E-state index contributed by atoms with van der Waals surface area (Å²) in [6.45, 7) is 11.6. The number of aromatic nitrogens is 1. The molecule has 3 heteroatoms. The fourth-order valence-electron chi connectivity index (χ4n) is 5.84. The first-order valence-electron chi connectivity index (χ1n) is 14.5. The number of hydrogen-bond donors (Lipinski definition) is 0. The third kappa shape index (κ3) is 5.72. The zero-order valence-corrected chi connectivity index (χ0v) is 28.5. The van der Waals surface area contributed by atoms with E-state index in [1.54, 1.807) is 0 Å². The van der Waals surface area contributed by atoms with E-state index in [4.69, 9.17) is 4.98 Å². The van der Waals surface area contributed by atoms with E-state index >= 15 is 0 Å².